The minimum atomic E-state index is 0.00524. The smallest absolute Gasteiger partial charge is 0.273 e. The number of nitrogens with zero attached hydrogens (tertiary/aromatic N) is 3. The summed E-state index contributed by atoms with van der Waals surface area (Å²) < 4.78 is 0. The Kier molecular flexibility index (Phi) is 3.61. The van der Waals surface area contributed by atoms with Crippen LogP contribution in [0.15, 0.2) is 29.1 Å². The van der Waals surface area contributed by atoms with E-state index in [0.717, 1.165) is 42.7 Å². The molecule has 1 fully saturated rings. The highest BCUT2D eigenvalue weighted by Crippen LogP contribution is 2.31. The van der Waals surface area contributed by atoms with Gasteiger partial charge in [-0.15, -0.1) is 11.3 Å². The average Bonchev–Trinajstić information content (AvgIpc) is 3.23. The first kappa shape index (κ1) is 14.4. The van der Waals surface area contributed by atoms with Crippen LogP contribution in [0.25, 0.3) is 11.0 Å². The second kappa shape index (κ2) is 5.77. The molecule has 1 aliphatic heterocycles. The van der Waals surface area contributed by atoms with Crippen LogP contribution >= 0.6 is 11.3 Å². The van der Waals surface area contributed by atoms with Gasteiger partial charge in [-0.25, -0.2) is 9.97 Å². The van der Waals surface area contributed by atoms with Crippen LogP contribution in [0.5, 0.6) is 0 Å². The molecule has 0 aliphatic carbocycles. The van der Waals surface area contributed by atoms with Crippen LogP contribution < -0.4 is 0 Å². The monoisotopic (exact) mass is 326 g/mol. The molecule has 1 amide bonds. The van der Waals surface area contributed by atoms with Gasteiger partial charge in [0.1, 0.15) is 11.5 Å². The molecule has 2 aromatic heterocycles. The van der Waals surface area contributed by atoms with Gasteiger partial charge >= 0.3 is 0 Å². The van der Waals surface area contributed by atoms with Crippen LogP contribution in [0, 0.1) is 6.92 Å². The van der Waals surface area contributed by atoms with E-state index in [4.69, 9.17) is 4.98 Å². The van der Waals surface area contributed by atoms with Crippen LogP contribution in [-0.4, -0.2) is 32.3 Å². The van der Waals surface area contributed by atoms with Crippen molar-refractivity contribution in [3.05, 3.63) is 46.2 Å². The van der Waals surface area contributed by atoms with Crippen molar-refractivity contribution in [1.82, 2.24) is 19.9 Å². The SMILES string of the molecule is Cc1ccc2nc([C@@H]3CCCCN3C(=O)c3cscn3)[nH]c2c1. The van der Waals surface area contributed by atoms with Crippen LogP contribution in [0.1, 0.15) is 47.2 Å². The van der Waals surface area contributed by atoms with E-state index < -0.39 is 0 Å². The Morgan fingerprint density at radius 1 is 1.39 bits per heavy atom. The number of carbonyl (C=O) groups is 1. The number of nitrogens with one attached hydrogen (secondary N) is 1. The summed E-state index contributed by atoms with van der Waals surface area (Å²) in [5, 5.41) is 1.82. The Hall–Kier alpha value is -2.21. The number of H-pyrrole nitrogens is 1. The summed E-state index contributed by atoms with van der Waals surface area (Å²) in [6.45, 7) is 2.83. The average molecular weight is 326 g/mol. The number of hydrogen-bond acceptors (Lipinski definition) is 4. The molecule has 1 aliphatic rings. The molecule has 118 valence electrons. The van der Waals surface area contributed by atoms with E-state index in [9.17, 15) is 4.79 Å². The number of aromatic amines is 1. The van der Waals surface area contributed by atoms with Crippen molar-refractivity contribution < 1.29 is 4.79 Å². The Bertz CT molecular complexity index is 840. The number of rotatable bonds is 2. The maximum atomic E-state index is 12.7. The molecule has 23 heavy (non-hydrogen) atoms. The van der Waals surface area contributed by atoms with Crippen molar-refractivity contribution in [2.45, 2.75) is 32.2 Å². The van der Waals surface area contributed by atoms with Gasteiger partial charge in [0, 0.05) is 11.9 Å². The zero-order valence-corrected chi connectivity index (χ0v) is 13.8. The van der Waals surface area contributed by atoms with Gasteiger partial charge in [0.2, 0.25) is 0 Å². The van der Waals surface area contributed by atoms with Crippen LogP contribution in [-0.2, 0) is 0 Å². The number of hydrogen-bond donors (Lipinski definition) is 1. The molecule has 3 heterocycles. The topological polar surface area (TPSA) is 61.9 Å². The van der Waals surface area contributed by atoms with Gasteiger partial charge in [0.15, 0.2) is 0 Å². The van der Waals surface area contributed by atoms with Gasteiger partial charge in [-0.2, -0.15) is 0 Å². The summed E-state index contributed by atoms with van der Waals surface area (Å²) in [4.78, 5) is 27.0. The number of benzene rings is 1. The molecule has 0 saturated carbocycles. The second-order valence-corrected chi connectivity index (χ2v) is 6.75. The lowest BCUT2D eigenvalue weighted by atomic mass is 10.0. The molecule has 0 bridgehead atoms. The summed E-state index contributed by atoms with van der Waals surface area (Å²) >= 11 is 1.45. The van der Waals surface area contributed by atoms with E-state index in [1.165, 1.54) is 16.9 Å². The van der Waals surface area contributed by atoms with Gasteiger partial charge in [0.05, 0.1) is 22.6 Å². The molecule has 1 atom stereocenters. The number of aromatic nitrogens is 3. The van der Waals surface area contributed by atoms with Gasteiger partial charge in [-0.3, -0.25) is 4.79 Å². The van der Waals surface area contributed by atoms with Crippen LogP contribution in [0.3, 0.4) is 0 Å². The third-order valence-electron chi connectivity index (χ3n) is 4.39. The fraction of sp³-hybridized carbons (Fsp3) is 0.353. The van der Waals surface area contributed by atoms with Crippen molar-refractivity contribution in [3.63, 3.8) is 0 Å². The number of aryl methyl sites for hydroxylation is 1. The molecular weight excluding hydrogens is 308 g/mol. The summed E-state index contributed by atoms with van der Waals surface area (Å²) in [5.41, 5.74) is 5.43. The first-order chi connectivity index (χ1) is 11.2. The molecule has 0 radical (unpaired) electrons. The third kappa shape index (κ3) is 2.63. The van der Waals surface area contributed by atoms with Crippen molar-refractivity contribution >= 4 is 28.3 Å². The highest BCUT2D eigenvalue weighted by molar-refractivity contribution is 7.07. The Labute approximate surface area is 138 Å². The van der Waals surface area contributed by atoms with E-state index in [1.807, 2.05) is 16.3 Å². The third-order valence-corrected chi connectivity index (χ3v) is 4.97. The minimum absolute atomic E-state index is 0.00524. The van der Waals surface area contributed by atoms with Gasteiger partial charge in [0.25, 0.3) is 5.91 Å². The van der Waals surface area contributed by atoms with E-state index >= 15 is 0 Å². The summed E-state index contributed by atoms with van der Waals surface area (Å²) in [5.74, 6) is 0.890. The lowest BCUT2D eigenvalue weighted by Gasteiger charge is -2.34. The Morgan fingerprint density at radius 3 is 3.13 bits per heavy atom. The van der Waals surface area contributed by atoms with E-state index in [1.54, 1.807) is 5.51 Å². The van der Waals surface area contributed by atoms with E-state index in [-0.39, 0.29) is 11.9 Å². The fourth-order valence-electron chi connectivity index (χ4n) is 3.23. The normalized spacial score (nSPS) is 18.5. The van der Waals surface area contributed by atoms with Crippen molar-refractivity contribution in [1.29, 1.82) is 0 Å². The summed E-state index contributed by atoms with van der Waals surface area (Å²) in [6, 6.07) is 6.19. The predicted octanol–water partition coefficient (Wildman–Crippen LogP) is 3.70. The maximum Gasteiger partial charge on any atom is 0.273 e. The Morgan fingerprint density at radius 2 is 2.30 bits per heavy atom. The lowest BCUT2D eigenvalue weighted by molar-refractivity contribution is 0.0596. The molecule has 1 saturated heterocycles. The summed E-state index contributed by atoms with van der Waals surface area (Å²) in [7, 11) is 0. The zero-order valence-electron chi connectivity index (χ0n) is 13.0. The lowest BCUT2D eigenvalue weighted by Crippen LogP contribution is -2.39. The number of imidazole rings is 1. The highest BCUT2D eigenvalue weighted by atomic mass is 32.1. The minimum Gasteiger partial charge on any atom is -0.340 e. The molecule has 5 nitrogen and oxygen atoms in total. The maximum absolute atomic E-state index is 12.7. The number of thiazole rings is 1. The molecule has 3 aromatic rings. The molecular formula is C17H18N4OS. The highest BCUT2D eigenvalue weighted by Gasteiger charge is 2.31. The van der Waals surface area contributed by atoms with Crippen LogP contribution in [0.4, 0.5) is 0 Å². The van der Waals surface area contributed by atoms with Gasteiger partial charge in [-0.05, 0) is 43.9 Å². The van der Waals surface area contributed by atoms with Crippen molar-refractivity contribution in [2.24, 2.45) is 0 Å². The largest absolute Gasteiger partial charge is 0.340 e. The van der Waals surface area contributed by atoms with Gasteiger partial charge < -0.3 is 9.88 Å². The first-order valence-corrected chi connectivity index (χ1v) is 8.82. The zero-order chi connectivity index (χ0) is 15.8. The number of fused-ring (bicyclic) bond motifs is 1. The van der Waals surface area contributed by atoms with E-state index in [2.05, 4.69) is 29.0 Å². The predicted molar refractivity (Wildman–Crippen MR) is 90.6 cm³/mol. The number of piperidine rings is 1. The van der Waals surface area contributed by atoms with Crippen molar-refractivity contribution in [3.8, 4) is 0 Å². The molecule has 1 aromatic carbocycles. The summed E-state index contributed by atoms with van der Waals surface area (Å²) in [6.07, 6.45) is 3.09. The molecule has 0 spiro atoms. The first-order valence-electron chi connectivity index (χ1n) is 7.88. The van der Waals surface area contributed by atoms with E-state index in [0.29, 0.717) is 5.69 Å². The molecule has 1 N–H and O–H groups in total. The standard InChI is InChI=1S/C17H18N4OS/c1-11-5-6-12-13(8-11)20-16(19-12)15-4-2-3-7-21(15)17(22)14-9-23-10-18-14/h5-6,8-10,15H,2-4,7H2,1H3,(H,19,20)/t15-/m0/s1. The van der Waals surface area contributed by atoms with Gasteiger partial charge in [-0.1, -0.05) is 6.07 Å². The molecule has 0 unspecified atom stereocenters. The van der Waals surface area contributed by atoms with Crippen molar-refractivity contribution in [2.75, 3.05) is 6.54 Å². The molecule has 6 heteroatoms. The second-order valence-electron chi connectivity index (χ2n) is 6.03. The molecule has 4 rings (SSSR count). The Balaban J connectivity index is 1.70. The number of carbonyl (C=O) groups excluding carboxylic acids is 1. The quantitative estimate of drug-likeness (QED) is 0.781. The fourth-order valence-corrected chi connectivity index (χ4v) is 3.75. The number of amides is 1. The van der Waals surface area contributed by atoms with Crippen LogP contribution in [0.2, 0.25) is 0 Å². The number of likely N-dealkylation sites (tertiary alicyclic amines) is 1.